The fraction of sp³-hybridized carbons (Fsp3) is 0.200. The Kier molecular flexibility index (Phi) is 5.78. The maximum atomic E-state index is 13.6. The summed E-state index contributed by atoms with van der Waals surface area (Å²) in [6.45, 7) is 2.82. The van der Waals surface area contributed by atoms with E-state index < -0.39 is 0 Å². The van der Waals surface area contributed by atoms with Crippen LogP contribution in [0.2, 0.25) is 0 Å². The minimum absolute atomic E-state index is 0.0705. The maximum absolute atomic E-state index is 13.6. The van der Waals surface area contributed by atoms with Gasteiger partial charge in [0.05, 0.1) is 6.04 Å². The van der Waals surface area contributed by atoms with E-state index in [0.717, 1.165) is 31.1 Å². The standard InChI is InChI=1S/C15H13Br3FN/c1-2-20-15(9-5-11(17)7-12(19)6-9)13-8-10(16)3-4-14(13)18/h3-8,15,20H,2H2,1H3. The van der Waals surface area contributed by atoms with Crippen molar-refractivity contribution in [1.82, 2.24) is 5.32 Å². The van der Waals surface area contributed by atoms with E-state index >= 15 is 0 Å². The molecule has 1 nitrogen and oxygen atoms in total. The van der Waals surface area contributed by atoms with Crippen molar-refractivity contribution in [3.8, 4) is 0 Å². The molecule has 2 aromatic carbocycles. The molecule has 20 heavy (non-hydrogen) atoms. The minimum atomic E-state index is -0.247. The number of hydrogen-bond acceptors (Lipinski definition) is 1. The Bertz CT molecular complexity index is 596. The molecular weight excluding hydrogens is 453 g/mol. The molecule has 0 aliphatic rings. The highest BCUT2D eigenvalue weighted by Gasteiger charge is 2.17. The van der Waals surface area contributed by atoms with Crippen LogP contribution in [0.15, 0.2) is 49.8 Å². The first-order chi connectivity index (χ1) is 9.51. The Balaban J connectivity index is 2.52. The van der Waals surface area contributed by atoms with Crippen LogP contribution in [0.4, 0.5) is 4.39 Å². The van der Waals surface area contributed by atoms with Gasteiger partial charge in [-0.05, 0) is 54.1 Å². The first kappa shape index (κ1) is 16.1. The van der Waals surface area contributed by atoms with Crippen molar-refractivity contribution >= 4 is 47.8 Å². The largest absolute Gasteiger partial charge is 0.306 e. The topological polar surface area (TPSA) is 12.0 Å². The summed E-state index contributed by atoms with van der Waals surface area (Å²) in [7, 11) is 0. The predicted octanol–water partition coefficient (Wildman–Crippen LogP) is 5.81. The molecule has 0 bridgehead atoms. The van der Waals surface area contributed by atoms with Gasteiger partial charge in [0, 0.05) is 13.4 Å². The van der Waals surface area contributed by atoms with Crippen LogP contribution in [-0.2, 0) is 0 Å². The Morgan fingerprint density at radius 2 is 1.80 bits per heavy atom. The van der Waals surface area contributed by atoms with Crippen molar-refractivity contribution in [2.75, 3.05) is 6.54 Å². The highest BCUT2D eigenvalue weighted by molar-refractivity contribution is 9.11. The summed E-state index contributed by atoms with van der Waals surface area (Å²) >= 11 is 10.4. The molecule has 2 rings (SSSR count). The third kappa shape index (κ3) is 3.91. The fourth-order valence-electron chi connectivity index (χ4n) is 2.09. The molecule has 106 valence electrons. The van der Waals surface area contributed by atoms with Gasteiger partial charge >= 0.3 is 0 Å². The summed E-state index contributed by atoms with van der Waals surface area (Å²) in [5, 5.41) is 3.40. The number of nitrogens with one attached hydrogen (secondary N) is 1. The number of hydrogen-bond donors (Lipinski definition) is 1. The molecule has 5 heteroatoms. The van der Waals surface area contributed by atoms with Gasteiger partial charge in [-0.3, -0.25) is 0 Å². The zero-order valence-corrected chi connectivity index (χ0v) is 15.5. The molecule has 0 heterocycles. The molecule has 0 saturated heterocycles. The lowest BCUT2D eigenvalue weighted by molar-refractivity contribution is 0.601. The van der Waals surface area contributed by atoms with Crippen LogP contribution >= 0.6 is 47.8 Å². The molecule has 0 aromatic heterocycles. The summed E-state index contributed by atoms with van der Waals surface area (Å²) in [6, 6.07) is 10.9. The quantitative estimate of drug-likeness (QED) is 0.600. The Labute approximate surface area is 143 Å². The summed E-state index contributed by atoms with van der Waals surface area (Å²) in [4.78, 5) is 0. The van der Waals surface area contributed by atoms with Gasteiger partial charge in [0.25, 0.3) is 0 Å². The van der Waals surface area contributed by atoms with Crippen molar-refractivity contribution < 1.29 is 4.39 Å². The highest BCUT2D eigenvalue weighted by Crippen LogP contribution is 2.32. The Morgan fingerprint density at radius 3 is 2.45 bits per heavy atom. The molecule has 0 spiro atoms. The molecule has 1 atom stereocenters. The lowest BCUT2D eigenvalue weighted by atomic mass is 9.98. The third-order valence-corrected chi connectivity index (χ3v) is 4.57. The van der Waals surface area contributed by atoms with Crippen LogP contribution < -0.4 is 5.32 Å². The van der Waals surface area contributed by atoms with E-state index in [1.54, 1.807) is 6.07 Å². The predicted molar refractivity (Wildman–Crippen MR) is 91.5 cm³/mol. The van der Waals surface area contributed by atoms with Gasteiger partial charge < -0.3 is 5.32 Å². The van der Waals surface area contributed by atoms with Gasteiger partial charge in [-0.25, -0.2) is 4.39 Å². The molecule has 0 fully saturated rings. The first-order valence-electron chi connectivity index (χ1n) is 6.15. The van der Waals surface area contributed by atoms with Crippen LogP contribution in [0.3, 0.4) is 0 Å². The zero-order valence-electron chi connectivity index (χ0n) is 10.8. The van der Waals surface area contributed by atoms with Crippen LogP contribution in [0.1, 0.15) is 24.1 Å². The van der Waals surface area contributed by atoms with Crippen LogP contribution in [-0.4, -0.2) is 6.54 Å². The SMILES string of the molecule is CCNC(c1cc(F)cc(Br)c1)c1cc(Br)ccc1Br. The van der Waals surface area contributed by atoms with Gasteiger partial charge in [0.2, 0.25) is 0 Å². The van der Waals surface area contributed by atoms with E-state index in [-0.39, 0.29) is 11.9 Å². The molecule has 0 amide bonds. The van der Waals surface area contributed by atoms with Gasteiger partial charge in [-0.15, -0.1) is 0 Å². The second-order valence-electron chi connectivity index (χ2n) is 4.36. The Morgan fingerprint density at radius 1 is 1.05 bits per heavy atom. The molecule has 1 unspecified atom stereocenters. The molecule has 0 radical (unpaired) electrons. The van der Waals surface area contributed by atoms with Crippen molar-refractivity contribution in [2.45, 2.75) is 13.0 Å². The van der Waals surface area contributed by atoms with Crippen LogP contribution in [0.5, 0.6) is 0 Å². The summed E-state index contributed by atoms with van der Waals surface area (Å²) < 4.78 is 16.4. The van der Waals surface area contributed by atoms with E-state index in [0.29, 0.717) is 0 Å². The molecule has 1 N–H and O–H groups in total. The van der Waals surface area contributed by atoms with Crippen molar-refractivity contribution in [1.29, 1.82) is 0 Å². The zero-order chi connectivity index (χ0) is 14.7. The second-order valence-corrected chi connectivity index (χ2v) is 7.04. The van der Waals surface area contributed by atoms with E-state index in [4.69, 9.17) is 0 Å². The monoisotopic (exact) mass is 463 g/mol. The number of benzene rings is 2. The first-order valence-corrected chi connectivity index (χ1v) is 8.53. The highest BCUT2D eigenvalue weighted by atomic mass is 79.9. The normalized spacial score (nSPS) is 12.4. The summed E-state index contributed by atoms with van der Waals surface area (Å²) in [6.07, 6.45) is 0. The Hall–Kier alpha value is -0.230. The molecule has 0 aliphatic heterocycles. The van der Waals surface area contributed by atoms with E-state index in [9.17, 15) is 4.39 Å². The van der Waals surface area contributed by atoms with Crippen molar-refractivity contribution in [3.05, 3.63) is 66.8 Å². The van der Waals surface area contributed by atoms with Crippen LogP contribution in [0, 0.1) is 5.82 Å². The third-order valence-electron chi connectivity index (χ3n) is 2.90. The van der Waals surface area contributed by atoms with E-state index in [2.05, 4.69) is 53.1 Å². The smallest absolute Gasteiger partial charge is 0.124 e. The maximum Gasteiger partial charge on any atom is 0.124 e. The second kappa shape index (κ2) is 7.16. The molecule has 0 aliphatic carbocycles. The molecule has 2 aromatic rings. The molecule has 0 saturated carbocycles. The van der Waals surface area contributed by atoms with E-state index in [1.807, 2.05) is 31.2 Å². The van der Waals surface area contributed by atoms with Gasteiger partial charge in [0.15, 0.2) is 0 Å². The van der Waals surface area contributed by atoms with Crippen molar-refractivity contribution in [3.63, 3.8) is 0 Å². The molecular formula is C15H13Br3FN. The van der Waals surface area contributed by atoms with Gasteiger partial charge in [-0.2, -0.15) is 0 Å². The minimum Gasteiger partial charge on any atom is -0.306 e. The van der Waals surface area contributed by atoms with Gasteiger partial charge in [0.1, 0.15) is 5.82 Å². The van der Waals surface area contributed by atoms with Crippen LogP contribution in [0.25, 0.3) is 0 Å². The average molecular weight is 466 g/mol. The lowest BCUT2D eigenvalue weighted by Gasteiger charge is -2.21. The van der Waals surface area contributed by atoms with E-state index in [1.165, 1.54) is 6.07 Å². The lowest BCUT2D eigenvalue weighted by Crippen LogP contribution is -2.22. The van der Waals surface area contributed by atoms with Crippen molar-refractivity contribution in [2.24, 2.45) is 0 Å². The fourth-order valence-corrected chi connectivity index (χ4v) is 3.43. The summed E-state index contributed by atoms with van der Waals surface area (Å²) in [5.41, 5.74) is 1.95. The average Bonchev–Trinajstić information content (AvgIpc) is 2.38. The summed E-state index contributed by atoms with van der Waals surface area (Å²) in [5.74, 6) is -0.247. The van der Waals surface area contributed by atoms with Gasteiger partial charge in [-0.1, -0.05) is 54.7 Å². The number of halogens is 4. The number of rotatable bonds is 4.